The Balaban J connectivity index is 1.80. The highest BCUT2D eigenvalue weighted by Gasteiger charge is 2.24. The maximum absolute atomic E-state index is 11.7. The molecule has 0 saturated carbocycles. The number of hydrogen-bond donors (Lipinski definition) is 1. The molecular formula is C19H13N3O3S. The van der Waals surface area contributed by atoms with Crippen molar-refractivity contribution in [1.82, 2.24) is 15.3 Å². The third kappa shape index (κ3) is 3.04. The number of nitrogens with one attached hydrogen (secondary N) is 1. The lowest BCUT2D eigenvalue weighted by Gasteiger charge is -2.08. The van der Waals surface area contributed by atoms with Gasteiger partial charge in [0, 0.05) is 29.4 Å². The highest BCUT2D eigenvalue weighted by molar-refractivity contribution is 8.18. The van der Waals surface area contributed by atoms with Gasteiger partial charge in [0.1, 0.15) is 0 Å². The van der Waals surface area contributed by atoms with Crippen LogP contribution in [0.5, 0.6) is 5.88 Å². The predicted molar refractivity (Wildman–Crippen MR) is 101 cm³/mol. The number of nitrogens with zero attached hydrogens (tertiary/aromatic N) is 2. The fourth-order valence-corrected chi connectivity index (χ4v) is 3.42. The Kier molecular flexibility index (Phi) is 4.14. The third-order valence-electron chi connectivity index (χ3n) is 3.96. The van der Waals surface area contributed by atoms with Crippen molar-refractivity contribution in [3.63, 3.8) is 0 Å². The number of aromatic nitrogens is 2. The zero-order valence-corrected chi connectivity index (χ0v) is 14.5. The highest BCUT2D eigenvalue weighted by atomic mass is 32.2. The smallest absolute Gasteiger partial charge is 0.290 e. The molecule has 3 aromatic rings. The number of rotatable bonds is 3. The van der Waals surface area contributed by atoms with Crippen molar-refractivity contribution in [1.29, 1.82) is 0 Å². The van der Waals surface area contributed by atoms with Crippen LogP contribution in [0.15, 0.2) is 53.7 Å². The predicted octanol–water partition coefficient (Wildman–Crippen LogP) is 3.63. The first-order chi connectivity index (χ1) is 12.6. The molecule has 0 atom stereocenters. The lowest BCUT2D eigenvalue weighted by molar-refractivity contribution is -0.115. The molecule has 1 N–H and O–H groups in total. The maximum atomic E-state index is 11.7. The van der Waals surface area contributed by atoms with E-state index in [9.17, 15) is 9.59 Å². The first-order valence-electron chi connectivity index (χ1n) is 7.78. The van der Waals surface area contributed by atoms with Crippen LogP contribution in [0.4, 0.5) is 4.79 Å². The largest absolute Gasteiger partial charge is 0.481 e. The van der Waals surface area contributed by atoms with Crippen LogP contribution in [0.1, 0.15) is 5.56 Å². The van der Waals surface area contributed by atoms with Gasteiger partial charge in [-0.05, 0) is 53.2 Å². The molecule has 2 aromatic heterocycles. The van der Waals surface area contributed by atoms with Gasteiger partial charge in [-0.25, -0.2) is 4.98 Å². The lowest BCUT2D eigenvalue weighted by Crippen LogP contribution is -2.17. The van der Waals surface area contributed by atoms with Gasteiger partial charge in [-0.2, -0.15) is 0 Å². The van der Waals surface area contributed by atoms with Gasteiger partial charge < -0.3 is 4.74 Å². The monoisotopic (exact) mass is 363 g/mol. The normalized spacial score (nSPS) is 15.5. The summed E-state index contributed by atoms with van der Waals surface area (Å²) in [6, 6.07) is 11.4. The molecule has 1 saturated heterocycles. The summed E-state index contributed by atoms with van der Waals surface area (Å²) in [5.74, 6) is 0.178. The number of pyridine rings is 2. The summed E-state index contributed by atoms with van der Waals surface area (Å²) >= 11 is 0.901. The Hall–Kier alpha value is -3.19. The SMILES string of the molecule is COc1ccc(-c2ccnc3ccc(/C=C4\SC(=O)NC4=O)cc23)cn1. The van der Waals surface area contributed by atoms with E-state index >= 15 is 0 Å². The van der Waals surface area contributed by atoms with Crippen LogP contribution in [0, 0.1) is 0 Å². The molecule has 4 rings (SSSR count). The van der Waals surface area contributed by atoms with Crippen molar-refractivity contribution >= 4 is 39.9 Å². The standard InChI is InChI=1S/C19H13N3O3S/c1-25-17-5-3-12(10-21-17)13-6-7-20-15-4-2-11(8-14(13)15)9-16-18(23)22-19(24)26-16/h2-10H,1H3,(H,22,23,24)/b16-9-. The number of benzene rings is 1. The minimum atomic E-state index is -0.370. The number of hydrogen-bond acceptors (Lipinski definition) is 6. The van der Waals surface area contributed by atoms with E-state index in [1.165, 1.54) is 0 Å². The van der Waals surface area contributed by atoms with E-state index in [2.05, 4.69) is 15.3 Å². The molecule has 1 aromatic carbocycles. The number of ether oxygens (including phenoxy) is 1. The molecule has 2 amide bonds. The number of carbonyl (C=O) groups is 2. The summed E-state index contributed by atoms with van der Waals surface area (Å²) in [5.41, 5.74) is 3.57. The molecular weight excluding hydrogens is 350 g/mol. The second-order valence-corrected chi connectivity index (χ2v) is 6.59. The van der Waals surface area contributed by atoms with E-state index in [0.29, 0.717) is 10.8 Å². The molecule has 6 nitrogen and oxygen atoms in total. The second-order valence-electron chi connectivity index (χ2n) is 5.58. The summed E-state index contributed by atoms with van der Waals surface area (Å²) in [5, 5.41) is 2.84. The molecule has 128 valence electrons. The average Bonchev–Trinajstić information content (AvgIpc) is 2.98. The van der Waals surface area contributed by atoms with Gasteiger partial charge in [-0.15, -0.1) is 0 Å². The van der Waals surface area contributed by atoms with Crippen LogP contribution in [0.2, 0.25) is 0 Å². The van der Waals surface area contributed by atoms with Gasteiger partial charge in [0.2, 0.25) is 5.88 Å². The topological polar surface area (TPSA) is 81.2 Å². The molecule has 0 unspecified atom stereocenters. The van der Waals surface area contributed by atoms with Crippen LogP contribution < -0.4 is 10.1 Å². The molecule has 1 aliphatic rings. The van der Waals surface area contributed by atoms with Crippen molar-refractivity contribution in [2.75, 3.05) is 7.11 Å². The summed E-state index contributed by atoms with van der Waals surface area (Å²) in [6.07, 6.45) is 5.20. The molecule has 0 aliphatic carbocycles. The minimum Gasteiger partial charge on any atom is -0.481 e. The molecule has 0 bridgehead atoms. The summed E-state index contributed by atoms with van der Waals surface area (Å²) < 4.78 is 5.11. The molecule has 0 spiro atoms. The van der Waals surface area contributed by atoms with Gasteiger partial charge in [0.05, 0.1) is 17.5 Å². The molecule has 3 heterocycles. The van der Waals surface area contributed by atoms with E-state index in [1.54, 1.807) is 31.6 Å². The van der Waals surface area contributed by atoms with E-state index < -0.39 is 0 Å². The van der Waals surface area contributed by atoms with Crippen molar-refractivity contribution in [3.8, 4) is 17.0 Å². The van der Waals surface area contributed by atoms with E-state index in [4.69, 9.17) is 4.74 Å². The van der Waals surface area contributed by atoms with Crippen molar-refractivity contribution in [2.45, 2.75) is 0 Å². The number of fused-ring (bicyclic) bond motifs is 1. The second kappa shape index (κ2) is 6.61. The maximum Gasteiger partial charge on any atom is 0.290 e. The van der Waals surface area contributed by atoms with Gasteiger partial charge >= 0.3 is 0 Å². The quantitative estimate of drug-likeness (QED) is 0.716. The zero-order valence-electron chi connectivity index (χ0n) is 13.7. The first-order valence-corrected chi connectivity index (χ1v) is 8.60. The van der Waals surface area contributed by atoms with Crippen LogP contribution in [-0.4, -0.2) is 28.2 Å². The Morgan fingerprint density at radius 1 is 1.12 bits per heavy atom. The fraction of sp³-hybridized carbons (Fsp3) is 0.0526. The molecule has 1 fully saturated rings. The van der Waals surface area contributed by atoms with Gasteiger partial charge in [0.25, 0.3) is 11.1 Å². The van der Waals surface area contributed by atoms with Crippen molar-refractivity contribution < 1.29 is 14.3 Å². The summed E-state index contributed by atoms with van der Waals surface area (Å²) in [4.78, 5) is 32.1. The zero-order chi connectivity index (χ0) is 18.1. The van der Waals surface area contributed by atoms with E-state index in [-0.39, 0.29) is 11.1 Å². The van der Waals surface area contributed by atoms with Crippen LogP contribution in [0.25, 0.3) is 28.1 Å². The van der Waals surface area contributed by atoms with Crippen LogP contribution in [0.3, 0.4) is 0 Å². The first kappa shape index (κ1) is 16.3. The molecule has 26 heavy (non-hydrogen) atoms. The minimum absolute atomic E-state index is 0.353. The highest BCUT2D eigenvalue weighted by Crippen LogP contribution is 2.31. The lowest BCUT2D eigenvalue weighted by atomic mass is 10.0. The Labute approximate surface area is 153 Å². The average molecular weight is 363 g/mol. The number of imide groups is 1. The van der Waals surface area contributed by atoms with E-state index in [0.717, 1.165) is 39.4 Å². The van der Waals surface area contributed by atoms with Crippen molar-refractivity contribution in [2.24, 2.45) is 0 Å². The Morgan fingerprint density at radius 3 is 2.69 bits per heavy atom. The Bertz CT molecular complexity index is 1060. The van der Waals surface area contributed by atoms with Gasteiger partial charge in [0.15, 0.2) is 0 Å². The fourth-order valence-electron chi connectivity index (χ4n) is 2.74. The van der Waals surface area contributed by atoms with Gasteiger partial charge in [-0.1, -0.05) is 6.07 Å². The van der Waals surface area contributed by atoms with Gasteiger partial charge in [-0.3, -0.25) is 19.9 Å². The third-order valence-corrected chi connectivity index (χ3v) is 4.77. The molecule has 7 heteroatoms. The van der Waals surface area contributed by atoms with Crippen molar-refractivity contribution in [3.05, 3.63) is 59.3 Å². The van der Waals surface area contributed by atoms with E-state index in [1.807, 2.05) is 30.3 Å². The molecule has 0 radical (unpaired) electrons. The number of carbonyl (C=O) groups excluding carboxylic acids is 2. The van der Waals surface area contributed by atoms with Crippen LogP contribution >= 0.6 is 11.8 Å². The number of thioether (sulfide) groups is 1. The molecule has 1 aliphatic heterocycles. The summed E-state index contributed by atoms with van der Waals surface area (Å²) in [7, 11) is 1.57. The number of methoxy groups -OCH3 is 1. The van der Waals surface area contributed by atoms with Crippen LogP contribution in [-0.2, 0) is 4.79 Å². The summed E-state index contributed by atoms with van der Waals surface area (Å²) in [6.45, 7) is 0. The number of amides is 2. The Morgan fingerprint density at radius 2 is 2.00 bits per heavy atom.